The minimum Gasteiger partial charge on any atom is -0.487 e. The molecule has 88 valence electrons. The van der Waals surface area contributed by atoms with Crippen molar-refractivity contribution in [2.75, 3.05) is 18.0 Å². The van der Waals surface area contributed by atoms with Gasteiger partial charge in [-0.1, -0.05) is 17.7 Å². The summed E-state index contributed by atoms with van der Waals surface area (Å²) in [6.07, 6.45) is 2.67. The molecular formula is C13H18ClNO. The van der Waals surface area contributed by atoms with Crippen molar-refractivity contribution < 1.29 is 4.74 Å². The van der Waals surface area contributed by atoms with Crippen LogP contribution in [-0.2, 0) is 0 Å². The molecule has 0 radical (unpaired) electrons. The van der Waals surface area contributed by atoms with Crippen LogP contribution in [0.2, 0.25) is 5.02 Å². The summed E-state index contributed by atoms with van der Waals surface area (Å²) >= 11 is 6.20. The quantitative estimate of drug-likeness (QED) is 0.797. The summed E-state index contributed by atoms with van der Waals surface area (Å²) in [5.41, 5.74) is 1.14. The molecule has 0 aromatic heterocycles. The third-order valence-corrected chi connectivity index (χ3v) is 3.04. The summed E-state index contributed by atoms with van der Waals surface area (Å²) in [6, 6.07) is 5.97. The molecule has 1 aromatic carbocycles. The van der Waals surface area contributed by atoms with E-state index in [9.17, 15) is 0 Å². The van der Waals surface area contributed by atoms with Crippen LogP contribution in [0.1, 0.15) is 26.7 Å². The van der Waals surface area contributed by atoms with Crippen LogP contribution in [-0.4, -0.2) is 19.2 Å². The van der Waals surface area contributed by atoms with Crippen molar-refractivity contribution in [2.45, 2.75) is 32.8 Å². The van der Waals surface area contributed by atoms with E-state index in [1.165, 1.54) is 12.8 Å². The second-order valence-corrected chi connectivity index (χ2v) is 4.86. The van der Waals surface area contributed by atoms with Crippen LogP contribution in [0.4, 0.5) is 5.69 Å². The molecule has 16 heavy (non-hydrogen) atoms. The maximum atomic E-state index is 6.20. The lowest BCUT2D eigenvalue weighted by Gasteiger charge is -2.23. The van der Waals surface area contributed by atoms with Gasteiger partial charge in [-0.05, 0) is 38.8 Å². The van der Waals surface area contributed by atoms with Gasteiger partial charge in [-0.15, -0.1) is 0 Å². The van der Waals surface area contributed by atoms with Gasteiger partial charge >= 0.3 is 0 Å². The molecule has 0 atom stereocenters. The SMILES string of the molecule is CC(C)Oc1c(Cl)cccc1N1CCCC1. The summed E-state index contributed by atoms with van der Waals surface area (Å²) < 4.78 is 5.81. The Morgan fingerprint density at radius 3 is 2.56 bits per heavy atom. The molecular weight excluding hydrogens is 222 g/mol. The topological polar surface area (TPSA) is 12.5 Å². The fourth-order valence-corrected chi connectivity index (χ4v) is 2.27. The lowest BCUT2D eigenvalue weighted by atomic mass is 10.2. The molecule has 0 amide bonds. The minimum atomic E-state index is 0.154. The van der Waals surface area contributed by atoms with Crippen LogP contribution < -0.4 is 9.64 Å². The van der Waals surface area contributed by atoms with Crippen molar-refractivity contribution in [3.63, 3.8) is 0 Å². The second kappa shape index (κ2) is 4.96. The highest BCUT2D eigenvalue weighted by atomic mass is 35.5. The van der Waals surface area contributed by atoms with Crippen LogP contribution in [0.3, 0.4) is 0 Å². The van der Waals surface area contributed by atoms with Crippen molar-refractivity contribution in [3.8, 4) is 5.75 Å². The molecule has 3 heteroatoms. The Hall–Kier alpha value is -0.890. The van der Waals surface area contributed by atoms with Crippen molar-refractivity contribution >= 4 is 17.3 Å². The highest BCUT2D eigenvalue weighted by Crippen LogP contribution is 2.37. The number of hydrogen-bond donors (Lipinski definition) is 0. The molecule has 2 rings (SSSR count). The summed E-state index contributed by atoms with van der Waals surface area (Å²) in [4.78, 5) is 2.35. The van der Waals surface area contributed by atoms with E-state index in [4.69, 9.17) is 16.3 Å². The average Bonchev–Trinajstić information content (AvgIpc) is 2.73. The molecule has 0 N–H and O–H groups in total. The molecule has 0 aliphatic carbocycles. The Bertz CT molecular complexity index is 359. The predicted molar refractivity (Wildman–Crippen MR) is 68.7 cm³/mol. The Morgan fingerprint density at radius 1 is 1.25 bits per heavy atom. The van der Waals surface area contributed by atoms with Gasteiger partial charge in [-0.25, -0.2) is 0 Å². The number of anilines is 1. The summed E-state index contributed by atoms with van der Waals surface area (Å²) in [5, 5.41) is 0.707. The second-order valence-electron chi connectivity index (χ2n) is 4.45. The van der Waals surface area contributed by atoms with Crippen LogP contribution in [0.25, 0.3) is 0 Å². The van der Waals surface area contributed by atoms with Gasteiger partial charge in [0.05, 0.1) is 16.8 Å². The van der Waals surface area contributed by atoms with E-state index in [2.05, 4.69) is 11.0 Å². The zero-order valence-corrected chi connectivity index (χ0v) is 10.6. The number of hydrogen-bond acceptors (Lipinski definition) is 2. The summed E-state index contributed by atoms with van der Waals surface area (Å²) in [6.45, 7) is 6.26. The fraction of sp³-hybridized carbons (Fsp3) is 0.538. The van der Waals surface area contributed by atoms with Crippen molar-refractivity contribution in [1.82, 2.24) is 0 Å². The molecule has 1 aliphatic heterocycles. The fourth-order valence-electron chi connectivity index (χ4n) is 2.06. The van der Waals surface area contributed by atoms with Gasteiger partial charge < -0.3 is 9.64 Å². The van der Waals surface area contributed by atoms with Crippen molar-refractivity contribution in [1.29, 1.82) is 0 Å². The normalized spacial score (nSPS) is 15.9. The first-order chi connectivity index (χ1) is 7.68. The Kier molecular flexibility index (Phi) is 3.59. The van der Waals surface area contributed by atoms with E-state index in [0.29, 0.717) is 5.02 Å². The van der Waals surface area contributed by atoms with E-state index in [1.54, 1.807) is 0 Å². The lowest BCUT2D eigenvalue weighted by Crippen LogP contribution is -2.19. The molecule has 1 aliphatic rings. The number of rotatable bonds is 3. The highest BCUT2D eigenvalue weighted by Gasteiger charge is 2.18. The van der Waals surface area contributed by atoms with E-state index in [1.807, 2.05) is 26.0 Å². The smallest absolute Gasteiger partial charge is 0.161 e. The third-order valence-electron chi connectivity index (χ3n) is 2.75. The van der Waals surface area contributed by atoms with E-state index in [0.717, 1.165) is 24.5 Å². The molecule has 0 spiro atoms. The zero-order valence-electron chi connectivity index (χ0n) is 9.87. The molecule has 1 aromatic rings. The van der Waals surface area contributed by atoms with E-state index in [-0.39, 0.29) is 6.10 Å². The van der Waals surface area contributed by atoms with Gasteiger partial charge in [0.1, 0.15) is 0 Å². The molecule has 0 bridgehead atoms. The van der Waals surface area contributed by atoms with Crippen LogP contribution in [0, 0.1) is 0 Å². The number of benzene rings is 1. The largest absolute Gasteiger partial charge is 0.487 e. The lowest BCUT2D eigenvalue weighted by molar-refractivity contribution is 0.243. The van der Waals surface area contributed by atoms with Gasteiger partial charge in [0.25, 0.3) is 0 Å². The van der Waals surface area contributed by atoms with Crippen molar-refractivity contribution in [3.05, 3.63) is 23.2 Å². The average molecular weight is 240 g/mol. The number of halogens is 1. The maximum Gasteiger partial charge on any atom is 0.161 e. The van der Waals surface area contributed by atoms with Crippen LogP contribution in [0.15, 0.2) is 18.2 Å². The summed E-state index contributed by atoms with van der Waals surface area (Å²) in [7, 11) is 0. The Labute approximate surface area is 102 Å². The first kappa shape index (κ1) is 11.6. The van der Waals surface area contributed by atoms with Gasteiger partial charge in [0.15, 0.2) is 5.75 Å². The van der Waals surface area contributed by atoms with Gasteiger partial charge in [0.2, 0.25) is 0 Å². The van der Waals surface area contributed by atoms with E-state index >= 15 is 0 Å². The molecule has 0 unspecified atom stereocenters. The van der Waals surface area contributed by atoms with Gasteiger partial charge in [-0.3, -0.25) is 0 Å². The standard InChI is InChI=1S/C13H18ClNO/c1-10(2)16-13-11(14)6-5-7-12(13)15-8-3-4-9-15/h5-7,10H,3-4,8-9H2,1-2H3. The van der Waals surface area contributed by atoms with Gasteiger partial charge in [0, 0.05) is 13.1 Å². The number of ether oxygens (including phenoxy) is 1. The van der Waals surface area contributed by atoms with Gasteiger partial charge in [-0.2, -0.15) is 0 Å². The van der Waals surface area contributed by atoms with Crippen LogP contribution in [0.5, 0.6) is 5.75 Å². The molecule has 0 saturated carbocycles. The number of para-hydroxylation sites is 1. The minimum absolute atomic E-state index is 0.154. The monoisotopic (exact) mass is 239 g/mol. The zero-order chi connectivity index (χ0) is 11.5. The third kappa shape index (κ3) is 2.43. The molecule has 1 saturated heterocycles. The van der Waals surface area contributed by atoms with E-state index < -0.39 is 0 Å². The number of nitrogens with zero attached hydrogens (tertiary/aromatic N) is 1. The summed E-state index contributed by atoms with van der Waals surface area (Å²) in [5.74, 6) is 0.834. The molecule has 1 heterocycles. The van der Waals surface area contributed by atoms with Crippen molar-refractivity contribution in [2.24, 2.45) is 0 Å². The molecule has 2 nitrogen and oxygen atoms in total. The highest BCUT2D eigenvalue weighted by molar-refractivity contribution is 6.32. The first-order valence-corrected chi connectivity index (χ1v) is 6.26. The maximum absolute atomic E-state index is 6.20. The Morgan fingerprint density at radius 2 is 1.94 bits per heavy atom. The molecule has 1 fully saturated rings. The first-order valence-electron chi connectivity index (χ1n) is 5.88. The predicted octanol–water partition coefficient (Wildman–Crippen LogP) is 3.73. The Balaban J connectivity index is 2.31. The van der Waals surface area contributed by atoms with Crippen LogP contribution >= 0.6 is 11.6 Å².